The maximum atomic E-state index is 14.2. The topological polar surface area (TPSA) is 34.2 Å². The number of aromatic nitrogens is 1. The molecule has 5 heteroatoms. The number of hydrogen-bond acceptors (Lipinski definition) is 4. The molecule has 1 N–H and O–H groups in total. The van der Waals surface area contributed by atoms with E-state index in [9.17, 15) is 4.39 Å². The molecule has 2 rings (SSSR count). The molecule has 1 heterocycles. The fourth-order valence-electron chi connectivity index (χ4n) is 2.07. The van der Waals surface area contributed by atoms with Crippen LogP contribution in [0.5, 0.6) is 5.75 Å². The predicted molar refractivity (Wildman–Crippen MR) is 79.8 cm³/mol. The highest BCUT2D eigenvalue weighted by Gasteiger charge is 2.17. The van der Waals surface area contributed by atoms with E-state index in [1.54, 1.807) is 36.1 Å². The standard InChI is InChI=1S/C15H19FN2OS/c1-3-6-18-15(8-12-9-17-10-20-12)13-5-4-11(19-2)7-14(13)16/h4-5,7,9-10,15,18H,3,6,8H2,1-2H3. The van der Waals surface area contributed by atoms with Crippen molar-refractivity contribution in [1.29, 1.82) is 0 Å². The molecule has 0 bridgehead atoms. The fourth-order valence-corrected chi connectivity index (χ4v) is 2.71. The minimum Gasteiger partial charge on any atom is -0.497 e. The van der Waals surface area contributed by atoms with Gasteiger partial charge in [-0.25, -0.2) is 4.39 Å². The van der Waals surface area contributed by atoms with E-state index in [0.717, 1.165) is 24.3 Å². The molecule has 1 atom stereocenters. The highest BCUT2D eigenvalue weighted by Crippen LogP contribution is 2.25. The molecule has 0 spiro atoms. The lowest BCUT2D eigenvalue weighted by atomic mass is 10.0. The molecule has 0 aliphatic heterocycles. The Hall–Kier alpha value is -1.46. The first-order valence-corrected chi connectivity index (χ1v) is 7.56. The SMILES string of the molecule is CCCNC(Cc1cncs1)c1ccc(OC)cc1F. The average molecular weight is 294 g/mol. The summed E-state index contributed by atoms with van der Waals surface area (Å²) in [6.07, 6.45) is 3.59. The van der Waals surface area contributed by atoms with Crippen molar-refractivity contribution in [2.45, 2.75) is 25.8 Å². The second-order valence-electron chi connectivity index (χ2n) is 4.57. The summed E-state index contributed by atoms with van der Waals surface area (Å²) < 4.78 is 19.3. The van der Waals surface area contributed by atoms with E-state index in [0.29, 0.717) is 11.3 Å². The van der Waals surface area contributed by atoms with Crippen molar-refractivity contribution < 1.29 is 9.13 Å². The first-order chi connectivity index (χ1) is 9.74. The van der Waals surface area contributed by atoms with Gasteiger partial charge in [-0.05, 0) is 19.0 Å². The summed E-state index contributed by atoms with van der Waals surface area (Å²) in [5.41, 5.74) is 2.48. The summed E-state index contributed by atoms with van der Waals surface area (Å²) in [7, 11) is 1.54. The number of nitrogens with one attached hydrogen (secondary N) is 1. The third-order valence-corrected chi connectivity index (χ3v) is 3.91. The Morgan fingerprint density at radius 2 is 2.30 bits per heavy atom. The van der Waals surface area contributed by atoms with E-state index in [2.05, 4.69) is 17.2 Å². The Morgan fingerprint density at radius 3 is 2.90 bits per heavy atom. The van der Waals surface area contributed by atoms with Gasteiger partial charge in [-0.3, -0.25) is 4.98 Å². The molecule has 0 aliphatic carbocycles. The summed E-state index contributed by atoms with van der Waals surface area (Å²) in [5.74, 6) is 0.306. The van der Waals surface area contributed by atoms with Gasteiger partial charge in [-0.15, -0.1) is 11.3 Å². The minimum absolute atomic E-state index is 0.0405. The number of halogens is 1. The van der Waals surface area contributed by atoms with E-state index in [1.165, 1.54) is 6.07 Å². The molecule has 20 heavy (non-hydrogen) atoms. The van der Waals surface area contributed by atoms with Gasteiger partial charge in [0.05, 0.1) is 12.6 Å². The van der Waals surface area contributed by atoms with Crippen molar-refractivity contribution in [2.24, 2.45) is 0 Å². The number of hydrogen-bond donors (Lipinski definition) is 1. The van der Waals surface area contributed by atoms with Gasteiger partial charge in [0.15, 0.2) is 0 Å². The molecule has 1 aromatic carbocycles. The summed E-state index contributed by atoms with van der Waals surface area (Å²) in [4.78, 5) is 5.22. The van der Waals surface area contributed by atoms with Crippen LogP contribution in [0.2, 0.25) is 0 Å². The highest BCUT2D eigenvalue weighted by atomic mass is 32.1. The maximum Gasteiger partial charge on any atom is 0.131 e. The second kappa shape index (κ2) is 7.36. The summed E-state index contributed by atoms with van der Waals surface area (Å²) in [6, 6.07) is 4.98. The largest absolute Gasteiger partial charge is 0.497 e. The van der Waals surface area contributed by atoms with Crippen molar-refractivity contribution in [3.8, 4) is 5.75 Å². The number of ether oxygens (including phenoxy) is 1. The fraction of sp³-hybridized carbons (Fsp3) is 0.400. The normalized spacial score (nSPS) is 12.3. The molecule has 0 amide bonds. The van der Waals surface area contributed by atoms with E-state index in [4.69, 9.17) is 4.74 Å². The zero-order valence-electron chi connectivity index (χ0n) is 11.7. The summed E-state index contributed by atoms with van der Waals surface area (Å²) in [6.45, 7) is 2.95. The van der Waals surface area contributed by atoms with Crippen molar-refractivity contribution in [3.05, 3.63) is 46.2 Å². The van der Waals surface area contributed by atoms with Crippen molar-refractivity contribution in [1.82, 2.24) is 10.3 Å². The highest BCUT2D eigenvalue weighted by molar-refractivity contribution is 7.09. The van der Waals surface area contributed by atoms with Crippen LogP contribution in [0, 0.1) is 5.82 Å². The van der Waals surface area contributed by atoms with Gasteiger partial charge in [-0.2, -0.15) is 0 Å². The molecule has 108 valence electrons. The molecule has 3 nitrogen and oxygen atoms in total. The monoisotopic (exact) mass is 294 g/mol. The Balaban J connectivity index is 2.21. The molecule has 0 aliphatic rings. The molecule has 1 unspecified atom stereocenters. The van der Waals surface area contributed by atoms with Crippen molar-refractivity contribution in [3.63, 3.8) is 0 Å². The van der Waals surface area contributed by atoms with Gasteiger partial charge in [0.2, 0.25) is 0 Å². The van der Waals surface area contributed by atoms with Crippen LogP contribution in [0.25, 0.3) is 0 Å². The number of methoxy groups -OCH3 is 1. The van der Waals surface area contributed by atoms with Gasteiger partial charge in [0.1, 0.15) is 11.6 Å². The van der Waals surface area contributed by atoms with Crippen LogP contribution in [0.3, 0.4) is 0 Å². The van der Waals surface area contributed by atoms with Crippen LogP contribution >= 0.6 is 11.3 Å². The first kappa shape index (κ1) is 14.9. The number of rotatable bonds is 7. The number of benzene rings is 1. The van der Waals surface area contributed by atoms with Gasteiger partial charge < -0.3 is 10.1 Å². The quantitative estimate of drug-likeness (QED) is 0.847. The Morgan fingerprint density at radius 1 is 1.45 bits per heavy atom. The molecule has 0 radical (unpaired) electrons. The average Bonchev–Trinajstić information content (AvgIpc) is 2.96. The van der Waals surface area contributed by atoms with Crippen LogP contribution in [0.4, 0.5) is 4.39 Å². The maximum absolute atomic E-state index is 14.2. The second-order valence-corrected chi connectivity index (χ2v) is 5.54. The van der Waals surface area contributed by atoms with Crippen LogP contribution in [-0.4, -0.2) is 18.6 Å². The number of nitrogens with zero attached hydrogens (tertiary/aromatic N) is 1. The van der Waals surface area contributed by atoms with Gasteiger partial charge in [0.25, 0.3) is 0 Å². The third-order valence-electron chi connectivity index (χ3n) is 3.11. The minimum atomic E-state index is -0.234. The third kappa shape index (κ3) is 3.77. The van der Waals surface area contributed by atoms with E-state index in [1.807, 2.05) is 6.20 Å². The summed E-state index contributed by atoms with van der Waals surface area (Å²) in [5, 5.41) is 3.40. The van der Waals surface area contributed by atoms with Crippen molar-refractivity contribution in [2.75, 3.05) is 13.7 Å². The van der Waals surface area contributed by atoms with Crippen LogP contribution < -0.4 is 10.1 Å². The lowest BCUT2D eigenvalue weighted by Crippen LogP contribution is -2.24. The van der Waals surface area contributed by atoms with E-state index < -0.39 is 0 Å². The molecular weight excluding hydrogens is 275 g/mol. The van der Waals surface area contributed by atoms with E-state index >= 15 is 0 Å². The van der Waals surface area contributed by atoms with Crippen molar-refractivity contribution >= 4 is 11.3 Å². The molecule has 0 saturated heterocycles. The molecule has 0 saturated carbocycles. The lowest BCUT2D eigenvalue weighted by molar-refractivity contribution is 0.409. The molecule has 1 aromatic heterocycles. The van der Waals surface area contributed by atoms with Crippen LogP contribution in [-0.2, 0) is 6.42 Å². The Bertz CT molecular complexity index is 531. The van der Waals surface area contributed by atoms with Crippen LogP contribution in [0.1, 0.15) is 29.8 Å². The Labute approximate surface area is 122 Å². The smallest absolute Gasteiger partial charge is 0.131 e. The zero-order valence-corrected chi connectivity index (χ0v) is 12.5. The lowest BCUT2D eigenvalue weighted by Gasteiger charge is -2.19. The predicted octanol–water partition coefficient (Wildman–Crippen LogP) is 3.57. The molecular formula is C15H19FN2OS. The van der Waals surface area contributed by atoms with Gasteiger partial charge >= 0.3 is 0 Å². The van der Waals surface area contributed by atoms with Crippen LogP contribution in [0.15, 0.2) is 29.9 Å². The van der Waals surface area contributed by atoms with Gasteiger partial charge in [0, 0.05) is 35.2 Å². The Kier molecular flexibility index (Phi) is 5.49. The molecule has 2 aromatic rings. The summed E-state index contributed by atoms with van der Waals surface area (Å²) >= 11 is 1.59. The van der Waals surface area contributed by atoms with E-state index in [-0.39, 0.29) is 11.9 Å². The molecule has 0 fully saturated rings. The number of thiazole rings is 1. The zero-order chi connectivity index (χ0) is 14.4. The first-order valence-electron chi connectivity index (χ1n) is 6.68. The van der Waals surface area contributed by atoms with Gasteiger partial charge in [-0.1, -0.05) is 13.0 Å².